The molecular weight excluding hydrogens is 371 g/mol. The van der Waals surface area contributed by atoms with Crippen molar-refractivity contribution >= 4 is 23.8 Å². The second kappa shape index (κ2) is 8.34. The highest BCUT2D eigenvalue weighted by molar-refractivity contribution is 6.09. The molecule has 152 valence electrons. The number of urea groups is 1. The van der Waals surface area contributed by atoms with Crippen LogP contribution in [0.1, 0.15) is 12.5 Å². The fourth-order valence-electron chi connectivity index (χ4n) is 2.83. The molecule has 0 saturated carbocycles. The van der Waals surface area contributed by atoms with Gasteiger partial charge in [0.2, 0.25) is 5.91 Å². The lowest BCUT2D eigenvalue weighted by molar-refractivity contribution is -0.145. The van der Waals surface area contributed by atoms with Crippen LogP contribution in [0.15, 0.2) is 24.3 Å². The van der Waals surface area contributed by atoms with Crippen LogP contribution in [-0.4, -0.2) is 83.9 Å². The van der Waals surface area contributed by atoms with Crippen molar-refractivity contribution in [2.24, 2.45) is 0 Å². The summed E-state index contributed by atoms with van der Waals surface area (Å²) in [5.41, 5.74) is -1.07. The van der Waals surface area contributed by atoms with Gasteiger partial charge in [-0.3, -0.25) is 19.3 Å². The number of likely N-dealkylation sites (N-methyl/N-ethyl adjacent to an activating group) is 1. The van der Waals surface area contributed by atoms with Crippen LogP contribution in [0.5, 0.6) is 0 Å². The molecule has 1 saturated heterocycles. The Balaban J connectivity index is 2.16. The number of amides is 4. The molecule has 0 aliphatic carbocycles. The molecule has 0 aromatic heterocycles. The maximum atomic E-state index is 13.2. The topological polar surface area (TPSA) is 110 Å². The second-order valence-corrected chi connectivity index (χ2v) is 6.97. The van der Waals surface area contributed by atoms with Gasteiger partial charge >= 0.3 is 12.0 Å². The third kappa shape index (κ3) is 4.63. The molecule has 1 atom stereocenters. The van der Waals surface area contributed by atoms with Crippen LogP contribution in [0.3, 0.4) is 0 Å². The Morgan fingerprint density at radius 1 is 1.18 bits per heavy atom. The number of carboxylic acids is 1. The summed E-state index contributed by atoms with van der Waals surface area (Å²) in [4.78, 5) is 52.3. The van der Waals surface area contributed by atoms with Crippen LogP contribution in [0.25, 0.3) is 0 Å². The molecule has 1 heterocycles. The maximum absolute atomic E-state index is 13.2. The predicted octanol–water partition coefficient (Wildman–Crippen LogP) is 0.0675. The Kier molecular flexibility index (Phi) is 6.34. The van der Waals surface area contributed by atoms with E-state index in [-0.39, 0.29) is 6.54 Å². The average Bonchev–Trinajstić information content (AvgIpc) is 2.82. The highest BCUT2D eigenvalue weighted by atomic mass is 19.1. The first-order chi connectivity index (χ1) is 13.0. The number of halogens is 1. The number of imide groups is 1. The summed E-state index contributed by atoms with van der Waals surface area (Å²) in [6.45, 7) is 0.906. The van der Waals surface area contributed by atoms with Crippen LogP contribution in [0, 0.1) is 5.82 Å². The second-order valence-electron chi connectivity index (χ2n) is 6.97. The summed E-state index contributed by atoms with van der Waals surface area (Å²) < 4.78 is 13.2. The van der Waals surface area contributed by atoms with Crippen molar-refractivity contribution in [2.75, 3.05) is 40.3 Å². The predicted molar refractivity (Wildman–Crippen MR) is 96.8 cm³/mol. The zero-order valence-electron chi connectivity index (χ0n) is 15.9. The Morgan fingerprint density at radius 2 is 1.79 bits per heavy atom. The fraction of sp³-hybridized carbons (Fsp3) is 0.444. The molecule has 2 N–H and O–H groups in total. The fourth-order valence-corrected chi connectivity index (χ4v) is 2.83. The van der Waals surface area contributed by atoms with Gasteiger partial charge in [-0.05, 0) is 38.7 Å². The van der Waals surface area contributed by atoms with Gasteiger partial charge in [-0.2, -0.15) is 0 Å². The van der Waals surface area contributed by atoms with E-state index >= 15 is 0 Å². The normalized spacial score (nSPS) is 19.1. The minimum Gasteiger partial charge on any atom is -0.480 e. The van der Waals surface area contributed by atoms with Crippen LogP contribution < -0.4 is 5.32 Å². The molecule has 28 heavy (non-hydrogen) atoms. The molecule has 1 aromatic carbocycles. The molecule has 9 nitrogen and oxygen atoms in total. The molecule has 10 heteroatoms. The van der Waals surface area contributed by atoms with E-state index in [2.05, 4.69) is 5.32 Å². The van der Waals surface area contributed by atoms with Gasteiger partial charge in [-0.25, -0.2) is 9.18 Å². The number of hydrogen-bond donors (Lipinski definition) is 2. The largest absolute Gasteiger partial charge is 0.480 e. The standard InChI is InChI=1S/C18H23FN4O5/c1-18(12-4-6-13(19)7-5-12)16(27)23(17(28)20-18)10-14(24)22(11-15(25)26)9-8-21(2)3/h4-7H,8-11H2,1-3H3,(H,20,28)(H,25,26)/t18-/m0/s1. The summed E-state index contributed by atoms with van der Waals surface area (Å²) in [5.74, 6) is -3.00. The van der Waals surface area contributed by atoms with E-state index in [1.165, 1.54) is 31.2 Å². The van der Waals surface area contributed by atoms with E-state index < -0.39 is 48.3 Å². The van der Waals surface area contributed by atoms with Crippen molar-refractivity contribution in [1.82, 2.24) is 20.0 Å². The van der Waals surface area contributed by atoms with Crippen molar-refractivity contribution < 1.29 is 28.7 Å². The van der Waals surface area contributed by atoms with E-state index in [0.717, 1.165) is 9.80 Å². The average molecular weight is 394 g/mol. The lowest BCUT2D eigenvalue weighted by Crippen LogP contribution is -2.47. The van der Waals surface area contributed by atoms with Crippen LogP contribution in [-0.2, 0) is 19.9 Å². The zero-order chi connectivity index (χ0) is 21.1. The third-order valence-electron chi connectivity index (χ3n) is 4.49. The molecule has 1 aliphatic rings. The highest BCUT2D eigenvalue weighted by Gasteiger charge is 2.49. The molecule has 1 aliphatic heterocycles. The minimum atomic E-state index is -1.44. The zero-order valence-corrected chi connectivity index (χ0v) is 15.9. The van der Waals surface area contributed by atoms with E-state index in [1.807, 2.05) is 0 Å². The van der Waals surface area contributed by atoms with Gasteiger partial charge in [-0.1, -0.05) is 12.1 Å². The SMILES string of the molecule is CN(C)CCN(CC(=O)O)C(=O)CN1C(=O)N[C@@](C)(c2ccc(F)cc2)C1=O. The first-order valence-electron chi connectivity index (χ1n) is 8.59. The van der Waals surface area contributed by atoms with Crippen molar-refractivity contribution in [1.29, 1.82) is 0 Å². The van der Waals surface area contributed by atoms with Crippen molar-refractivity contribution in [3.05, 3.63) is 35.6 Å². The first-order valence-corrected chi connectivity index (χ1v) is 8.59. The van der Waals surface area contributed by atoms with E-state index in [9.17, 15) is 23.6 Å². The van der Waals surface area contributed by atoms with Gasteiger partial charge in [0.25, 0.3) is 5.91 Å². The lowest BCUT2D eigenvalue weighted by atomic mass is 9.92. The monoisotopic (exact) mass is 394 g/mol. The Morgan fingerprint density at radius 3 is 2.32 bits per heavy atom. The molecular formula is C18H23FN4O5. The van der Waals surface area contributed by atoms with Gasteiger partial charge in [-0.15, -0.1) is 0 Å². The van der Waals surface area contributed by atoms with Crippen molar-refractivity contribution in [3.8, 4) is 0 Å². The molecule has 1 fully saturated rings. The van der Waals surface area contributed by atoms with Gasteiger partial charge in [0, 0.05) is 13.1 Å². The lowest BCUT2D eigenvalue weighted by Gasteiger charge is -2.25. The summed E-state index contributed by atoms with van der Waals surface area (Å²) in [6, 6.07) is 4.33. The Bertz CT molecular complexity index is 783. The molecule has 0 unspecified atom stereocenters. The minimum absolute atomic E-state index is 0.136. The number of carbonyl (C=O) groups is 4. The van der Waals surface area contributed by atoms with Gasteiger partial charge in [0.15, 0.2) is 0 Å². The van der Waals surface area contributed by atoms with Crippen LogP contribution >= 0.6 is 0 Å². The number of carboxylic acid groups (broad SMARTS) is 1. The Hall–Kier alpha value is -3.01. The summed E-state index contributed by atoms with van der Waals surface area (Å²) >= 11 is 0. The quantitative estimate of drug-likeness (QED) is 0.604. The summed E-state index contributed by atoms with van der Waals surface area (Å²) in [5, 5.41) is 11.5. The van der Waals surface area contributed by atoms with E-state index in [1.54, 1.807) is 19.0 Å². The number of rotatable bonds is 8. The van der Waals surface area contributed by atoms with E-state index in [0.29, 0.717) is 12.1 Å². The summed E-state index contributed by atoms with van der Waals surface area (Å²) in [7, 11) is 3.55. The van der Waals surface area contributed by atoms with Gasteiger partial charge < -0.3 is 20.2 Å². The summed E-state index contributed by atoms with van der Waals surface area (Å²) in [6.07, 6.45) is 0. The number of benzene rings is 1. The smallest absolute Gasteiger partial charge is 0.325 e. The molecule has 0 spiro atoms. The molecule has 4 amide bonds. The van der Waals surface area contributed by atoms with Crippen LogP contribution in [0.4, 0.5) is 9.18 Å². The van der Waals surface area contributed by atoms with Gasteiger partial charge in [0.05, 0.1) is 0 Å². The Labute approximate surface area is 161 Å². The molecule has 2 rings (SSSR count). The molecule has 0 radical (unpaired) electrons. The molecule has 0 bridgehead atoms. The number of carbonyl (C=O) groups excluding carboxylic acids is 3. The molecule has 1 aromatic rings. The third-order valence-corrected chi connectivity index (χ3v) is 4.49. The number of nitrogens with zero attached hydrogens (tertiary/aromatic N) is 3. The number of nitrogens with one attached hydrogen (secondary N) is 1. The van der Waals surface area contributed by atoms with Crippen molar-refractivity contribution in [3.63, 3.8) is 0 Å². The highest BCUT2D eigenvalue weighted by Crippen LogP contribution is 2.28. The maximum Gasteiger partial charge on any atom is 0.325 e. The van der Waals surface area contributed by atoms with Crippen molar-refractivity contribution in [2.45, 2.75) is 12.5 Å². The number of hydrogen-bond acceptors (Lipinski definition) is 5. The van der Waals surface area contributed by atoms with Gasteiger partial charge in [0.1, 0.15) is 24.4 Å². The van der Waals surface area contributed by atoms with E-state index in [4.69, 9.17) is 5.11 Å². The first kappa shape index (κ1) is 21.3. The number of aliphatic carboxylic acids is 1. The van der Waals surface area contributed by atoms with Crippen LogP contribution in [0.2, 0.25) is 0 Å².